The van der Waals surface area contributed by atoms with E-state index in [-0.39, 0.29) is 16.7 Å². The number of nitro groups is 1. The molecular formula is C14H13ClN4O2. The molecule has 0 unspecified atom stereocenters. The van der Waals surface area contributed by atoms with Gasteiger partial charge in [-0.1, -0.05) is 35.9 Å². The standard InChI is InChI=1S/C14H13ClN4O2/c15-13-12(19(20)21)14(17-9-16-13)18-7-3-6-10-4-1-2-5-11(10)8-18/h1-2,4-5,9H,3,6-8H2. The molecule has 1 aromatic carbocycles. The molecule has 0 radical (unpaired) electrons. The predicted octanol–water partition coefficient (Wildman–Crippen LogP) is 2.99. The minimum Gasteiger partial charge on any atom is -0.346 e. The molecule has 0 atom stereocenters. The van der Waals surface area contributed by atoms with Crippen LogP contribution < -0.4 is 4.90 Å². The van der Waals surface area contributed by atoms with Gasteiger partial charge in [0, 0.05) is 13.1 Å². The molecule has 0 bridgehead atoms. The maximum atomic E-state index is 11.2. The van der Waals surface area contributed by atoms with Gasteiger partial charge in [-0.3, -0.25) is 10.1 Å². The van der Waals surface area contributed by atoms with Gasteiger partial charge >= 0.3 is 5.69 Å². The number of anilines is 1. The van der Waals surface area contributed by atoms with Crippen molar-refractivity contribution in [3.63, 3.8) is 0 Å². The van der Waals surface area contributed by atoms with Crippen molar-refractivity contribution in [1.29, 1.82) is 0 Å². The number of rotatable bonds is 2. The molecule has 21 heavy (non-hydrogen) atoms. The Labute approximate surface area is 126 Å². The maximum Gasteiger partial charge on any atom is 0.348 e. The van der Waals surface area contributed by atoms with Gasteiger partial charge < -0.3 is 4.90 Å². The molecular weight excluding hydrogens is 292 g/mol. The first-order valence-corrected chi connectivity index (χ1v) is 7.01. The second-order valence-corrected chi connectivity index (χ2v) is 5.25. The van der Waals surface area contributed by atoms with Crippen molar-refractivity contribution in [3.05, 3.63) is 57.0 Å². The van der Waals surface area contributed by atoms with Crippen LogP contribution in [0.2, 0.25) is 5.15 Å². The fraction of sp³-hybridized carbons (Fsp3) is 0.286. The van der Waals surface area contributed by atoms with E-state index in [2.05, 4.69) is 16.0 Å². The molecule has 0 N–H and O–H groups in total. The maximum absolute atomic E-state index is 11.2. The van der Waals surface area contributed by atoms with Crippen molar-refractivity contribution in [2.45, 2.75) is 19.4 Å². The molecule has 0 saturated heterocycles. The lowest BCUT2D eigenvalue weighted by Crippen LogP contribution is -2.24. The second kappa shape index (κ2) is 5.65. The van der Waals surface area contributed by atoms with E-state index in [1.54, 1.807) is 0 Å². The van der Waals surface area contributed by atoms with Crippen LogP contribution in [0.3, 0.4) is 0 Å². The zero-order chi connectivity index (χ0) is 14.8. The zero-order valence-corrected chi connectivity index (χ0v) is 12.0. The number of aryl methyl sites for hydroxylation is 1. The molecule has 0 amide bonds. The summed E-state index contributed by atoms with van der Waals surface area (Å²) in [6.07, 6.45) is 3.14. The summed E-state index contributed by atoms with van der Waals surface area (Å²) in [6.45, 7) is 1.28. The summed E-state index contributed by atoms with van der Waals surface area (Å²) in [4.78, 5) is 20.4. The summed E-state index contributed by atoms with van der Waals surface area (Å²) in [6, 6.07) is 8.13. The van der Waals surface area contributed by atoms with Crippen molar-refractivity contribution < 1.29 is 4.92 Å². The lowest BCUT2D eigenvalue weighted by molar-refractivity contribution is -0.384. The minimum absolute atomic E-state index is 0.123. The fourth-order valence-electron chi connectivity index (χ4n) is 2.62. The van der Waals surface area contributed by atoms with E-state index >= 15 is 0 Å². The molecule has 108 valence electrons. The number of benzene rings is 1. The fourth-order valence-corrected chi connectivity index (χ4v) is 2.82. The summed E-state index contributed by atoms with van der Waals surface area (Å²) in [5.41, 5.74) is 2.22. The van der Waals surface area contributed by atoms with E-state index in [0.717, 1.165) is 12.8 Å². The first-order valence-electron chi connectivity index (χ1n) is 6.63. The predicted molar refractivity (Wildman–Crippen MR) is 79.5 cm³/mol. The van der Waals surface area contributed by atoms with E-state index < -0.39 is 4.92 Å². The van der Waals surface area contributed by atoms with Crippen LogP contribution in [0.1, 0.15) is 17.5 Å². The van der Waals surface area contributed by atoms with Gasteiger partial charge in [-0.05, 0) is 24.0 Å². The number of aromatic nitrogens is 2. The van der Waals surface area contributed by atoms with Crippen molar-refractivity contribution in [3.8, 4) is 0 Å². The van der Waals surface area contributed by atoms with Crippen LogP contribution in [0.15, 0.2) is 30.6 Å². The monoisotopic (exact) mass is 304 g/mol. The molecule has 1 aromatic heterocycles. The van der Waals surface area contributed by atoms with Crippen LogP contribution in [0, 0.1) is 10.1 Å². The van der Waals surface area contributed by atoms with E-state index in [1.807, 2.05) is 23.1 Å². The Morgan fingerprint density at radius 3 is 2.76 bits per heavy atom. The van der Waals surface area contributed by atoms with Gasteiger partial charge in [-0.15, -0.1) is 0 Å². The first kappa shape index (κ1) is 13.8. The highest BCUT2D eigenvalue weighted by Gasteiger charge is 2.27. The number of halogens is 1. The molecule has 0 aliphatic carbocycles. The van der Waals surface area contributed by atoms with Gasteiger partial charge in [0.1, 0.15) is 6.33 Å². The molecule has 7 heteroatoms. The van der Waals surface area contributed by atoms with Gasteiger partial charge in [0.2, 0.25) is 11.0 Å². The van der Waals surface area contributed by atoms with Crippen LogP contribution in [0.25, 0.3) is 0 Å². The molecule has 1 aliphatic rings. The van der Waals surface area contributed by atoms with E-state index in [0.29, 0.717) is 13.1 Å². The number of fused-ring (bicyclic) bond motifs is 1. The lowest BCUT2D eigenvalue weighted by atomic mass is 10.0. The quantitative estimate of drug-likeness (QED) is 0.484. The summed E-state index contributed by atoms with van der Waals surface area (Å²) in [5.74, 6) is 0.289. The minimum atomic E-state index is -0.519. The Kier molecular flexibility index (Phi) is 3.70. The van der Waals surface area contributed by atoms with E-state index in [4.69, 9.17) is 11.6 Å². The molecule has 2 aromatic rings. The van der Waals surface area contributed by atoms with Crippen molar-refractivity contribution in [2.75, 3.05) is 11.4 Å². The largest absolute Gasteiger partial charge is 0.348 e. The average Bonchev–Trinajstić information content (AvgIpc) is 2.68. The van der Waals surface area contributed by atoms with Crippen molar-refractivity contribution in [2.24, 2.45) is 0 Å². The zero-order valence-electron chi connectivity index (χ0n) is 11.2. The SMILES string of the molecule is O=[N+]([O-])c1c(Cl)ncnc1N1CCCc2ccccc2C1. The van der Waals surface area contributed by atoms with Crippen LogP contribution in [0.4, 0.5) is 11.5 Å². The molecule has 0 spiro atoms. The summed E-state index contributed by atoms with van der Waals surface area (Å²) in [7, 11) is 0. The van der Waals surface area contributed by atoms with Crippen molar-refractivity contribution >= 4 is 23.1 Å². The topological polar surface area (TPSA) is 72.2 Å². The Bertz CT molecular complexity index is 692. The Balaban J connectivity index is 2.02. The molecule has 6 nitrogen and oxygen atoms in total. The van der Waals surface area contributed by atoms with Gasteiger partial charge in [0.25, 0.3) is 0 Å². The molecule has 3 rings (SSSR count). The third kappa shape index (κ3) is 2.67. The lowest BCUT2D eigenvalue weighted by Gasteiger charge is -2.21. The van der Waals surface area contributed by atoms with Gasteiger partial charge in [0.05, 0.1) is 4.92 Å². The molecule has 2 heterocycles. The smallest absolute Gasteiger partial charge is 0.346 e. The number of hydrogen-bond donors (Lipinski definition) is 0. The average molecular weight is 305 g/mol. The Morgan fingerprint density at radius 1 is 1.24 bits per heavy atom. The van der Waals surface area contributed by atoms with Crippen LogP contribution in [-0.4, -0.2) is 21.4 Å². The molecule has 0 fully saturated rings. The molecule has 1 aliphatic heterocycles. The summed E-state index contributed by atoms with van der Waals surface area (Å²) < 4.78 is 0. The third-order valence-electron chi connectivity index (χ3n) is 3.59. The third-order valence-corrected chi connectivity index (χ3v) is 3.87. The van der Waals surface area contributed by atoms with Crippen LogP contribution in [0.5, 0.6) is 0 Å². The molecule has 0 saturated carbocycles. The normalized spacial score (nSPS) is 14.4. The highest BCUT2D eigenvalue weighted by atomic mass is 35.5. The van der Waals surface area contributed by atoms with Gasteiger partial charge in [0.15, 0.2) is 0 Å². The van der Waals surface area contributed by atoms with E-state index in [9.17, 15) is 10.1 Å². The highest BCUT2D eigenvalue weighted by molar-refractivity contribution is 6.31. The Morgan fingerprint density at radius 2 is 2.00 bits per heavy atom. The summed E-state index contributed by atoms with van der Waals surface area (Å²) in [5, 5.41) is 11.1. The van der Waals surface area contributed by atoms with Crippen LogP contribution in [-0.2, 0) is 13.0 Å². The first-order chi connectivity index (χ1) is 10.2. The number of hydrogen-bond acceptors (Lipinski definition) is 5. The van der Waals surface area contributed by atoms with Gasteiger partial charge in [-0.25, -0.2) is 9.97 Å². The van der Waals surface area contributed by atoms with Crippen LogP contribution >= 0.6 is 11.6 Å². The highest BCUT2D eigenvalue weighted by Crippen LogP contribution is 2.33. The van der Waals surface area contributed by atoms with Crippen molar-refractivity contribution in [1.82, 2.24) is 9.97 Å². The van der Waals surface area contributed by atoms with E-state index in [1.165, 1.54) is 17.5 Å². The number of nitrogens with zero attached hydrogens (tertiary/aromatic N) is 4. The second-order valence-electron chi connectivity index (χ2n) is 4.89. The Hall–Kier alpha value is -2.21. The van der Waals surface area contributed by atoms with Gasteiger partial charge in [-0.2, -0.15) is 0 Å². The summed E-state index contributed by atoms with van der Waals surface area (Å²) >= 11 is 5.87.